The van der Waals surface area contributed by atoms with Crippen molar-refractivity contribution in [1.82, 2.24) is 4.90 Å². The molecule has 2 N–H and O–H groups in total. The van der Waals surface area contributed by atoms with Crippen LogP contribution in [0.2, 0.25) is 0 Å². The van der Waals surface area contributed by atoms with E-state index in [2.05, 4.69) is 0 Å². The van der Waals surface area contributed by atoms with Crippen LogP contribution in [0.3, 0.4) is 0 Å². The van der Waals surface area contributed by atoms with Crippen molar-refractivity contribution in [2.24, 2.45) is 5.73 Å². The molecule has 1 spiro atoms. The van der Waals surface area contributed by atoms with Crippen LogP contribution in [0.4, 0.5) is 0 Å². The number of rotatable bonds is 6. The maximum atomic E-state index is 13.7. The zero-order valence-electron chi connectivity index (χ0n) is 17.3. The summed E-state index contributed by atoms with van der Waals surface area (Å²) in [5.41, 5.74) is 4.68. The molecule has 2 heterocycles. The first-order valence-electron chi connectivity index (χ1n) is 9.42. The highest BCUT2D eigenvalue weighted by atomic mass is 16.6. The number of hydrogen-bond acceptors (Lipinski definition) is 8. The van der Waals surface area contributed by atoms with E-state index >= 15 is 0 Å². The number of benzene rings is 1. The fourth-order valence-electron chi connectivity index (χ4n) is 3.83. The normalized spacial score (nSPS) is 20.4. The van der Waals surface area contributed by atoms with Gasteiger partial charge in [0.25, 0.3) is 0 Å². The summed E-state index contributed by atoms with van der Waals surface area (Å²) in [6, 6.07) is 6.61. The molecule has 2 aliphatic heterocycles. The summed E-state index contributed by atoms with van der Waals surface area (Å²) in [7, 11) is 3.00. The minimum absolute atomic E-state index is 0.00661. The van der Waals surface area contributed by atoms with Gasteiger partial charge in [-0.05, 0) is 19.9 Å². The number of nitrogens with two attached hydrogens (primary N) is 1. The molecule has 9 heteroatoms. The average Bonchev–Trinajstić information content (AvgIpc) is 2.90. The van der Waals surface area contributed by atoms with Crippen molar-refractivity contribution in [3.63, 3.8) is 0 Å². The number of allylic oxidation sites excluding steroid dienone is 1. The summed E-state index contributed by atoms with van der Waals surface area (Å²) < 4.78 is 21.1. The maximum absolute atomic E-state index is 13.7. The first-order valence-corrected chi connectivity index (χ1v) is 9.42. The Bertz CT molecular complexity index is 966. The lowest BCUT2D eigenvalue weighted by Crippen LogP contribution is -2.49. The van der Waals surface area contributed by atoms with E-state index in [9.17, 15) is 14.4 Å². The van der Waals surface area contributed by atoms with E-state index in [0.717, 1.165) is 0 Å². The largest absolute Gasteiger partial charge is 0.462 e. The van der Waals surface area contributed by atoms with Gasteiger partial charge in [-0.15, -0.1) is 0 Å². The number of methoxy groups -OCH3 is 1. The summed E-state index contributed by atoms with van der Waals surface area (Å²) in [5, 5.41) is 0. The van der Waals surface area contributed by atoms with E-state index in [1.165, 1.54) is 19.1 Å². The van der Waals surface area contributed by atoms with E-state index in [1.54, 1.807) is 38.1 Å². The van der Waals surface area contributed by atoms with Crippen molar-refractivity contribution in [2.75, 3.05) is 34.0 Å². The Morgan fingerprint density at radius 2 is 1.80 bits per heavy atom. The quantitative estimate of drug-likeness (QED) is 0.539. The second-order valence-electron chi connectivity index (χ2n) is 6.76. The van der Waals surface area contributed by atoms with Crippen LogP contribution in [0.1, 0.15) is 19.4 Å². The van der Waals surface area contributed by atoms with Crippen molar-refractivity contribution in [2.45, 2.75) is 19.3 Å². The lowest BCUT2D eigenvalue weighted by atomic mass is 9.67. The van der Waals surface area contributed by atoms with Crippen LogP contribution in [0.25, 0.3) is 0 Å². The zero-order valence-corrected chi connectivity index (χ0v) is 17.3. The third-order valence-corrected chi connectivity index (χ3v) is 5.20. The van der Waals surface area contributed by atoms with Gasteiger partial charge in [0.1, 0.15) is 23.3 Å². The Hall–Kier alpha value is -3.33. The van der Waals surface area contributed by atoms with Crippen molar-refractivity contribution in [3.8, 4) is 5.75 Å². The predicted molar refractivity (Wildman–Crippen MR) is 105 cm³/mol. The third kappa shape index (κ3) is 3.02. The smallest absolute Gasteiger partial charge is 0.341 e. The predicted octanol–water partition coefficient (Wildman–Crippen LogP) is 0.986. The van der Waals surface area contributed by atoms with Crippen LogP contribution in [0, 0.1) is 0 Å². The molecule has 160 valence electrons. The molecule has 0 saturated carbocycles. The molecule has 0 unspecified atom stereocenters. The Balaban J connectivity index is 2.31. The minimum Gasteiger partial charge on any atom is -0.462 e. The van der Waals surface area contributed by atoms with Crippen LogP contribution in [0.15, 0.2) is 47.0 Å². The standard InChI is InChI=1S/C21H24N2O7/c1-5-28-19(25)16-17(22)30-14-9-7-6-8-13(14)21(16)15(12(2)23(3)20(21)26)18(24)29-11-10-27-4/h6-9H,5,10-11,22H2,1-4H3/t21-/m0/s1. The molecule has 0 aromatic heterocycles. The highest BCUT2D eigenvalue weighted by Crippen LogP contribution is 2.53. The Kier molecular flexibility index (Phi) is 5.84. The zero-order chi connectivity index (χ0) is 22.1. The van der Waals surface area contributed by atoms with E-state index in [-0.39, 0.29) is 42.6 Å². The van der Waals surface area contributed by atoms with Crippen LogP contribution < -0.4 is 10.5 Å². The van der Waals surface area contributed by atoms with Gasteiger partial charge in [-0.3, -0.25) is 4.79 Å². The molecule has 0 radical (unpaired) electrons. The van der Waals surface area contributed by atoms with Crippen LogP contribution in [0.5, 0.6) is 5.75 Å². The minimum atomic E-state index is -1.84. The summed E-state index contributed by atoms with van der Waals surface area (Å²) in [4.78, 5) is 41.1. The molecule has 0 bridgehead atoms. The molecular formula is C21H24N2O7. The maximum Gasteiger partial charge on any atom is 0.341 e. The second kappa shape index (κ2) is 8.19. The topological polar surface area (TPSA) is 117 Å². The van der Waals surface area contributed by atoms with Crippen molar-refractivity contribution < 1.29 is 33.3 Å². The fraction of sp³-hybridized carbons (Fsp3) is 0.381. The lowest BCUT2D eigenvalue weighted by molar-refractivity contribution is -0.144. The number of hydrogen-bond donors (Lipinski definition) is 1. The molecule has 1 aromatic rings. The Morgan fingerprint density at radius 3 is 2.47 bits per heavy atom. The monoisotopic (exact) mass is 416 g/mol. The highest BCUT2D eigenvalue weighted by molar-refractivity contribution is 6.17. The summed E-state index contributed by atoms with van der Waals surface area (Å²) in [6.45, 7) is 3.44. The number of esters is 2. The lowest BCUT2D eigenvalue weighted by Gasteiger charge is -2.36. The molecule has 0 fully saturated rings. The van der Waals surface area contributed by atoms with Gasteiger partial charge in [0.2, 0.25) is 11.8 Å². The number of amides is 1. The van der Waals surface area contributed by atoms with E-state index in [1.807, 2.05) is 0 Å². The number of likely N-dealkylation sites (N-methyl/N-ethyl adjacent to an activating group) is 1. The van der Waals surface area contributed by atoms with Gasteiger partial charge in [-0.25, -0.2) is 9.59 Å². The molecule has 0 saturated heterocycles. The van der Waals surface area contributed by atoms with Gasteiger partial charge in [0, 0.05) is 25.4 Å². The Labute approximate surface area is 174 Å². The van der Waals surface area contributed by atoms with E-state index < -0.39 is 23.3 Å². The van der Waals surface area contributed by atoms with Gasteiger partial charge in [0.15, 0.2) is 0 Å². The molecule has 1 amide bonds. The van der Waals surface area contributed by atoms with Crippen molar-refractivity contribution in [3.05, 3.63) is 52.6 Å². The SMILES string of the molecule is CCOC(=O)C1=C(N)Oc2ccccc2[C@@]12C(=O)N(C)C(C)=C2C(=O)OCCOC. The molecule has 9 nitrogen and oxygen atoms in total. The third-order valence-electron chi connectivity index (χ3n) is 5.20. The number of nitrogens with zero attached hydrogens (tertiary/aromatic N) is 1. The van der Waals surface area contributed by atoms with Gasteiger partial charge in [-0.2, -0.15) is 0 Å². The van der Waals surface area contributed by atoms with Gasteiger partial charge < -0.3 is 29.6 Å². The number of fused-ring (bicyclic) bond motifs is 2. The molecule has 0 aliphatic carbocycles. The van der Waals surface area contributed by atoms with E-state index in [0.29, 0.717) is 11.3 Å². The first kappa shape index (κ1) is 21.4. The van der Waals surface area contributed by atoms with E-state index in [4.69, 9.17) is 24.7 Å². The second-order valence-corrected chi connectivity index (χ2v) is 6.76. The molecule has 2 aliphatic rings. The van der Waals surface area contributed by atoms with Gasteiger partial charge in [-0.1, -0.05) is 18.2 Å². The van der Waals surface area contributed by atoms with Crippen LogP contribution >= 0.6 is 0 Å². The number of ether oxygens (including phenoxy) is 4. The molecular weight excluding hydrogens is 392 g/mol. The highest BCUT2D eigenvalue weighted by Gasteiger charge is 2.63. The summed E-state index contributed by atoms with van der Waals surface area (Å²) in [5.74, 6) is -2.16. The van der Waals surface area contributed by atoms with Crippen molar-refractivity contribution in [1.29, 1.82) is 0 Å². The van der Waals surface area contributed by atoms with Gasteiger partial charge >= 0.3 is 11.9 Å². The van der Waals surface area contributed by atoms with Gasteiger partial charge in [0.05, 0.1) is 18.8 Å². The number of carbonyl (C=O) groups excluding carboxylic acids is 3. The average molecular weight is 416 g/mol. The molecule has 3 rings (SSSR count). The number of para-hydroxylation sites is 1. The van der Waals surface area contributed by atoms with Crippen LogP contribution in [-0.2, 0) is 34.0 Å². The fourth-order valence-corrected chi connectivity index (χ4v) is 3.83. The van der Waals surface area contributed by atoms with Crippen LogP contribution in [-0.4, -0.2) is 56.7 Å². The molecule has 30 heavy (non-hydrogen) atoms. The Morgan fingerprint density at radius 1 is 1.13 bits per heavy atom. The number of carbonyl (C=O) groups is 3. The molecule has 1 atom stereocenters. The summed E-state index contributed by atoms with van der Waals surface area (Å²) in [6.07, 6.45) is 0. The van der Waals surface area contributed by atoms with Crippen molar-refractivity contribution >= 4 is 17.8 Å². The summed E-state index contributed by atoms with van der Waals surface area (Å²) >= 11 is 0. The molecule has 1 aromatic carbocycles. The first-order chi connectivity index (χ1) is 14.3.